The number of hydrogen-bond acceptors (Lipinski definition) is 5. The van der Waals surface area contributed by atoms with Crippen LogP contribution in [0, 0.1) is 0 Å². The fraction of sp³-hybridized carbons (Fsp3) is 0.222. The summed E-state index contributed by atoms with van der Waals surface area (Å²) in [5.41, 5.74) is 0.274. The third-order valence-corrected chi connectivity index (χ3v) is 3.78. The monoisotopic (exact) mass is 429 g/mol. The van der Waals surface area contributed by atoms with Crippen molar-refractivity contribution < 1.29 is 31.9 Å². The van der Waals surface area contributed by atoms with Gasteiger partial charge in [-0.1, -0.05) is 23.7 Å². The summed E-state index contributed by atoms with van der Waals surface area (Å²) in [6, 6.07) is 9.99. The van der Waals surface area contributed by atoms with Gasteiger partial charge < -0.3 is 19.2 Å². The highest BCUT2D eigenvalue weighted by Crippen LogP contribution is 2.24. The summed E-state index contributed by atoms with van der Waals surface area (Å²) in [7, 11) is 0. The van der Waals surface area contributed by atoms with Gasteiger partial charge in [-0.05, 0) is 24.3 Å². The molecule has 0 aliphatic heterocycles. The minimum atomic E-state index is -4.42. The number of nitrogens with zero attached hydrogens (tertiary/aromatic N) is 2. The van der Waals surface area contributed by atoms with E-state index in [2.05, 4.69) is 15.2 Å². The Bertz CT molecular complexity index is 971. The van der Waals surface area contributed by atoms with Crippen LogP contribution in [0.15, 0.2) is 53.2 Å². The van der Waals surface area contributed by atoms with Gasteiger partial charge in [0.1, 0.15) is 31.5 Å². The Kier molecular flexibility index (Phi) is 6.45. The van der Waals surface area contributed by atoms with Gasteiger partial charge in [-0.25, -0.2) is 4.68 Å². The number of ether oxygens (including phenoxy) is 2. The fourth-order valence-corrected chi connectivity index (χ4v) is 2.42. The molecule has 0 saturated heterocycles. The number of benzene rings is 1. The Labute approximate surface area is 168 Å². The van der Waals surface area contributed by atoms with E-state index in [0.717, 1.165) is 4.68 Å². The maximum absolute atomic E-state index is 12.2. The second-order valence-corrected chi connectivity index (χ2v) is 6.21. The van der Waals surface area contributed by atoms with Crippen molar-refractivity contribution in [1.82, 2.24) is 9.78 Å². The lowest BCUT2D eigenvalue weighted by molar-refractivity contribution is -0.182. The van der Waals surface area contributed by atoms with Crippen LogP contribution < -0.4 is 10.1 Å². The molecular formula is C18H15ClF3N3O4. The van der Waals surface area contributed by atoms with Crippen LogP contribution in [0.1, 0.15) is 16.3 Å². The lowest BCUT2D eigenvalue weighted by Crippen LogP contribution is -2.18. The maximum Gasteiger partial charge on any atom is 0.411 e. The molecule has 2 aromatic heterocycles. The molecule has 7 nitrogen and oxygen atoms in total. The second-order valence-electron chi connectivity index (χ2n) is 5.80. The predicted octanol–water partition coefficient (Wildman–Crippen LogP) is 4.50. The molecule has 0 spiro atoms. The molecule has 0 radical (unpaired) electrons. The number of halogens is 4. The third-order valence-electron chi connectivity index (χ3n) is 3.47. The zero-order valence-electron chi connectivity index (χ0n) is 14.8. The number of nitrogens with one attached hydrogen (secondary N) is 1. The van der Waals surface area contributed by atoms with Crippen molar-refractivity contribution in [2.24, 2.45) is 0 Å². The van der Waals surface area contributed by atoms with Gasteiger partial charge in [0.05, 0.1) is 23.1 Å². The SMILES string of the molecule is O=C(Nc1cnn(COCC(F)(F)F)c1)c1ccc(COc2ccccc2Cl)o1. The first-order valence-corrected chi connectivity index (χ1v) is 8.62. The fourth-order valence-electron chi connectivity index (χ4n) is 2.23. The molecule has 0 unspecified atom stereocenters. The van der Waals surface area contributed by atoms with E-state index in [9.17, 15) is 18.0 Å². The lowest BCUT2D eigenvalue weighted by atomic mass is 10.3. The largest absolute Gasteiger partial charge is 0.484 e. The van der Waals surface area contributed by atoms with Crippen molar-refractivity contribution in [3.8, 4) is 5.75 Å². The number of carbonyl (C=O) groups excluding carboxylic acids is 1. The van der Waals surface area contributed by atoms with Crippen molar-refractivity contribution in [3.63, 3.8) is 0 Å². The van der Waals surface area contributed by atoms with Crippen LogP contribution in [0.2, 0.25) is 5.02 Å². The molecule has 2 heterocycles. The van der Waals surface area contributed by atoms with Gasteiger partial charge in [-0.2, -0.15) is 18.3 Å². The molecule has 0 fully saturated rings. The molecule has 3 aromatic rings. The summed E-state index contributed by atoms with van der Waals surface area (Å²) in [6.45, 7) is -1.72. The molecule has 11 heteroatoms. The first-order valence-electron chi connectivity index (χ1n) is 8.24. The number of furan rings is 1. The summed E-state index contributed by atoms with van der Waals surface area (Å²) in [6.07, 6.45) is -1.81. The highest BCUT2D eigenvalue weighted by atomic mass is 35.5. The average Bonchev–Trinajstić information content (AvgIpc) is 3.30. The molecule has 0 saturated carbocycles. The predicted molar refractivity (Wildman–Crippen MR) is 96.7 cm³/mol. The highest BCUT2D eigenvalue weighted by molar-refractivity contribution is 6.32. The number of rotatable bonds is 8. The number of hydrogen-bond donors (Lipinski definition) is 1. The van der Waals surface area contributed by atoms with E-state index >= 15 is 0 Å². The molecule has 0 aliphatic carbocycles. The molecule has 1 amide bonds. The van der Waals surface area contributed by atoms with Crippen LogP contribution in [0.5, 0.6) is 5.75 Å². The van der Waals surface area contributed by atoms with Crippen molar-refractivity contribution in [1.29, 1.82) is 0 Å². The van der Waals surface area contributed by atoms with E-state index in [0.29, 0.717) is 16.5 Å². The normalized spacial score (nSPS) is 11.4. The van der Waals surface area contributed by atoms with Crippen LogP contribution in [0.4, 0.5) is 18.9 Å². The van der Waals surface area contributed by atoms with Gasteiger partial charge in [-0.3, -0.25) is 4.79 Å². The second kappa shape index (κ2) is 9.01. The van der Waals surface area contributed by atoms with Crippen molar-refractivity contribution in [3.05, 3.63) is 65.3 Å². The average molecular weight is 430 g/mol. The summed E-state index contributed by atoms with van der Waals surface area (Å²) >= 11 is 6.00. The number of carbonyl (C=O) groups is 1. The quantitative estimate of drug-likeness (QED) is 0.570. The molecule has 0 aliphatic rings. The first kappa shape index (κ1) is 20.7. The molecular weight excluding hydrogens is 415 g/mol. The van der Waals surface area contributed by atoms with E-state index in [1.165, 1.54) is 18.5 Å². The summed E-state index contributed by atoms with van der Waals surface area (Å²) < 4.78 is 52.7. The highest BCUT2D eigenvalue weighted by Gasteiger charge is 2.27. The molecule has 1 aromatic carbocycles. The molecule has 0 atom stereocenters. The van der Waals surface area contributed by atoms with Gasteiger partial charge in [0.25, 0.3) is 5.91 Å². The van der Waals surface area contributed by atoms with Gasteiger partial charge in [0.2, 0.25) is 0 Å². The number of para-hydroxylation sites is 1. The lowest BCUT2D eigenvalue weighted by Gasteiger charge is -2.07. The van der Waals surface area contributed by atoms with Crippen molar-refractivity contribution in [2.45, 2.75) is 19.5 Å². The molecule has 154 valence electrons. The summed E-state index contributed by atoms with van der Waals surface area (Å²) in [5, 5.41) is 6.78. The van der Waals surface area contributed by atoms with E-state index in [-0.39, 0.29) is 18.1 Å². The Morgan fingerprint density at radius 1 is 1.24 bits per heavy atom. The van der Waals surface area contributed by atoms with E-state index in [1.54, 1.807) is 30.3 Å². The molecule has 0 bridgehead atoms. The van der Waals surface area contributed by atoms with Crippen LogP contribution in [-0.4, -0.2) is 28.5 Å². The van der Waals surface area contributed by atoms with Gasteiger partial charge in [0, 0.05) is 0 Å². The zero-order chi connectivity index (χ0) is 20.9. The number of anilines is 1. The molecule has 3 rings (SSSR count). The first-order chi connectivity index (χ1) is 13.8. The van der Waals surface area contributed by atoms with E-state index < -0.39 is 25.4 Å². The Balaban J connectivity index is 1.51. The van der Waals surface area contributed by atoms with Crippen LogP contribution in [0.25, 0.3) is 0 Å². The summed E-state index contributed by atoms with van der Waals surface area (Å²) in [5.74, 6) is 0.372. The van der Waals surface area contributed by atoms with Crippen LogP contribution in [0.3, 0.4) is 0 Å². The number of alkyl halides is 3. The standard InChI is InChI=1S/C18H15ClF3N3O4/c19-14-3-1-2-4-15(14)28-9-13-5-6-16(29-13)17(26)24-12-7-23-25(8-12)11-27-10-18(20,21)22/h1-8H,9-11H2,(H,24,26). The van der Waals surface area contributed by atoms with Crippen LogP contribution in [-0.2, 0) is 18.1 Å². The van der Waals surface area contributed by atoms with Gasteiger partial charge >= 0.3 is 6.18 Å². The Morgan fingerprint density at radius 2 is 2.03 bits per heavy atom. The minimum Gasteiger partial charge on any atom is -0.484 e. The molecule has 29 heavy (non-hydrogen) atoms. The van der Waals surface area contributed by atoms with E-state index in [1.807, 2.05) is 0 Å². The third kappa shape index (κ3) is 6.26. The minimum absolute atomic E-state index is 0.0313. The van der Waals surface area contributed by atoms with Crippen LogP contribution >= 0.6 is 11.6 Å². The Morgan fingerprint density at radius 3 is 2.79 bits per heavy atom. The van der Waals surface area contributed by atoms with Gasteiger partial charge in [0.15, 0.2) is 5.76 Å². The number of amides is 1. The number of aromatic nitrogens is 2. The summed E-state index contributed by atoms with van der Waals surface area (Å²) in [4.78, 5) is 12.2. The maximum atomic E-state index is 12.2. The zero-order valence-corrected chi connectivity index (χ0v) is 15.5. The topological polar surface area (TPSA) is 78.5 Å². The van der Waals surface area contributed by atoms with Gasteiger partial charge in [-0.15, -0.1) is 0 Å². The van der Waals surface area contributed by atoms with Crippen molar-refractivity contribution in [2.75, 3.05) is 11.9 Å². The van der Waals surface area contributed by atoms with Crippen molar-refractivity contribution >= 4 is 23.2 Å². The molecule has 1 N–H and O–H groups in total. The van der Waals surface area contributed by atoms with E-state index in [4.69, 9.17) is 20.8 Å². The smallest absolute Gasteiger partial charge is 0.411 e. The Hall–Kier alpha value is -2.98.